The number of alkyl halides is 3. The number of pyridine rings is 1. The van der Waals surface area contributed by atoms with Gasteiger partial charge in [-0.1, -0.05) is 0 Å². The average molecular weight is 291 g/mol. The molecule has 0 aliphatic heterocycles. The van der Waals surface area contributed by atoms with Crippen LogP contribution in [0.2, 0.25) is 0 Å². The number of hydrogen-bond donors (Lipinski definition) is 0. The van der Waals surface area contributed by atoms with E-state index in [0.29, 0.717) is 0 Å². The summed E-state index contributed by atoms with van der Waals surface area (Å²) in [6, 6.07) is 3.32. The molecule has 66 valence electrons. The van der Waals surface area contributed by atoms with Crippen molar-refractivity contribution in [3.8, 4) is 5.88 Å². The smallest absolute Gasteiger partial charge is 0.339 e. The second-order valence-electron chi connectivity index (χ2n) is 1.86. The molecule has 0 saturated carbocycles. The number of aromatic nitrogens is 1. The van der Waals surface area contributed by atoms with Gasteiger partial charge in [0.15, 0.2) is 0 Å². The second-order valence-corrected chi connectivity index (χ2v) is 4.96. The zero-order valence-electron chi connectivity index (χ0n) is 5.60. The third-order valence-corrected chi connectivity index (χ3v) is 1.62. The van der Waals surface area contributed by atoms with Gasteiger partial charge in [-0.05, 0) is 56.8 Å². The van der Waals surface area contributed by atoms with E-state index in [1.807, 2.05) is 0 Å². The largest absolute Gasteiger partial charge is 0.428 e. The Labute approximate surface area is 92.9 Å². The Balaban J connectivity index is 2.71. The highest BCUT2D eigenvalue weighted by molar-refractivity contribution is 9.10. The maximum atomic E-state index is 5.36. The SMILES string of the molecule is ClC(Cl)(Cl)Oc1ccc(Br)cn1. The van der Waals surface area contributed by atoms with Crippen molar-refractivity contribution in [2.75, 3.05) is 0 Å². The Morgan fingerprint density at radius 2 is 2.00 bits per heavy atom. The van der Waals surface area contributed by atoms with Crippen molar-refractivity contribution in [2.24, 2.45) is 0 Å². The number of rotatable bonds is 1. The molecule has 0 aromatic carbocycles. The van der Waals surface area contributed by atoms with E-state index in [9.17, 15) is 0 Å². The highest BCUT2D eigenvalue weighted by atomic mass is 79.9. The standard InChI is InChI=1S/C6H3BrCl3NO/c7-4-1-2-5(11-3-4)12-6(8,9)10/h1-3H. The van der Waals surface area contributed by atoms with Gasteiger partial charge in [0, 0.05) is 16.7 Å². The lowest BCUT2D eigenvalue weighted by Gasteiger charge is -2.11. The number of hydrogen-bond acceptors (Lipinski definition) is 2. The van der Waals surface area contributed by atoms with E-state index in [1.54, 1.807) is 18.3 Å². The van der Waals surface area contributed by atoms with Gasteiger partial charge < -0.3 is 4.74 Å². The highest BCUT2D eigenvalue weighted by Gasteiger charge is 2.22. The molecule has 0 amide bonds. The lowest BCUT2D eigenvalue weighted by molar-refractivity contribution is 0.307. The first kappa shape index (κ1) is 10.4. The van der Waals surface area contributed by atoms with Gasteiger partial charge in [0.05, 0.1) is 0 Å². The van der Waals surface area contributed by atoms with Gasteiger partial charge in [0.2, 0.25) is 5.88 Å². The molecule has 0 aliphatic carbocycles. The van der Waals surface area contributed by atoms with Gasteiger partial charge >= 0.3 is 3.98 Å². The summed E-state index contributed by atoms with van der Waals surface area (Å²) < 4.78 is 3.89. The van der Waals surface area contributed by atoms with Crippen LogP contribution >= 0.6 is 50.7 Å². The number of nitrogens with zero attached hydrogens (tertiary/aromatic N) is 1. The Hall–Kier alpha value is 0.300. The Bertz CT molecular complexity index is 258. The van der Waals surface area contributed by atoms with E-state index in [1.165, 1.54) is 0 Å². The summed E-state index contributed by atoms with van der Waals surface area (Å²) >= 11 is 19.3. The zero-order chi connectivity index (χ0) is 9.19. The van der Waals surface area contributed by atoms with Crippen LogP contribution in [0.3, 0.4) is 0 Å². The molecule has 6 heteroatoms. The maximum Gasteiger partial charge on any atom is 0.339 e. The molecule has 0 spiro atoms. The first-order valence-electron chi connectivity index (χ1n) is 2.85. The topological polar surface area (TPSA) is 22.1 Å². The summed E-state index contributed by atoms with van der Waals surface area (Å²) in [7, 11) is 0. The van der Waals surface area contributed by atoms with Crippen LogP contribution in [-0.4, -0.2) is 8.96 Å². The fraction of sp³-hybridized carbons (Fsp3) is 0.167. The molecule has 0 bridgehead atoms. The van der Waals surface area contributed by atoms with Crippen LogP contribution in [0.5, 0.6) is 5.88 Å². The molecule has 0 fully saturated rings. The fourth-order valence-electron chi connectivity index (χ4n) is 0.541. The number of halogens is 4. The van der Waals surface area contributed by atoms with Crippen molar-refractivity contribution < 1.29 is 4.74 Å². The predicted octanol–water partition coefficient (Wildman–Crippen LogP) is 3.55. The molecule has 1 rings (SSSR count). The van der Waals surface area contributed by atoms with Gasteiger partial charge in [-0.25, -0.2) is 4.98 Å². The van der Waals surface area contributed by atoms with Gasteiger partial charge in [-0.2, -0.15) is 0 Å². The third-order valence-electron chi connectivity index (χ3n) is 0.921. The molecule has 1 aromatic rings. The minimum atomic E-state index is -1.76. The molecular weight excluding hydrogens is 288 g/mol. The van der Waals surface area contributed by atoms with Crippen molar-refractivity contribution in [2.45, 2.75) is 3.98 Å². The Morgan fingerprint density at radius 3 is 2.42 bits per heavy atom. The first-order valence-corrected chi connectivity index (χ1v) is 4.77. The summed E-state index contributed by atoms with van der Waals surface area (Å²) in [6.45, 7) is 0. The van der Waals surface area contributed by atoms with E-state index in [4.69, 9.17) is 39.5 Å². The highest BCUT2D eigenvalue weighted by Crippen LogP contribution is 2.29. The molecule has 0 saturated heterocycles. The fourth-order valence-corrected chi connectivity index (χ4v) is 1.01. The van der Waals surface area contributed by atoms with Gasteiger partial charge in [0.25, 0.3) is 0 Å². The van der Waals surface area contributed by atoms with Crippen LogP contribution in [0.1, 0.15) is 0 Å². The van der Waals surface area contributed by atoms with E-state index in [2.05, 4.69) is 20.9 Å². The summed E-state index contributed by atoms with van der Waals surface area (Å²) in [5, 5.41) is 0. The van der Waals surface area contributed by atoms with Crippen LogP contribution in [-0.2, 0) is 0 Å². The lowest BCUT2D eigenvalue weighted by atomic mass is 10.5. The number of ether oxygens (including phenoxy) is 1. The Kier molecular flexibility index (Phi) is 3.47. The molecule has 1 aromatic heterocycles. The molecule has 0 unspecified atom stereocenters. The molecule has 2 nitrogen and oxygen atoms in total. The van der Waals surface area contributed by atoms with Crippen LogP contribution in [0.25, 0.3) is 0 Å². The van der Waals surface area contributed by atoms with E-state index >= 15 is 0 Å². The van der Waals surface area contributed by atoms with Crippen molar-refractivity contribution in [1.29, 1.82) is 0 Å². The summed E-state index contributed by atoms with van der Waals surface area (Å²) in [5.41, 5.74) is 0. The molecule has 12 heavy (non-hydrogen) atoms. The summed E-state index contributed by atoms with van der Waals surface area (Å²) in [5.74, 6) is 0.262. The monoisotopic (exact) mass is 289 g/mol. The molecule has 0 N–H and O–H groups in total. The average Bonchev–Trinajstić information content (AvgIpc) is 1.91. The zero-order valence-corrected chi connectivity index (χ0v) is 9.45. The first-order chi connectivity index (χ1) is 5.47. The third kappa shape index (κ3) is 3.81. The predicted molar refractivity (Wildman–Crippen MR) is 52.9 cm³/mol. The van der Waals surface area contributed by atoms with Crippen molar-refractivity contribution in [3.63, 3.8) is 0 Å². The van der Waals surface area contributed by atoms with Crippen molar-refractivity contribution in [3.05, 3.63) is 22.8 Å². The molecule has 0 atom stereocenters. The van der Waals surface area contributed by atoms with Crippen LogP contribution in [0, 0.1) is 0 Å². The van der Waals surface area contributed by atoms with Crippen LogP contribution in [0.4, 0.5) is 0 Å². The van der Waals surface area contributed by atoms with E-state index in [0.717, 1.165) is 4.47 Å². The Morgan fingerprint density at radius 1 is 1.33 bits per heavy atom. The summed E-state index contributed by atoms with van der Waals surface area (Å²) in [6.07, 6.45) is 1.55. The van der Waals surface area contributed by atoms with E-state index < -0.39 is 3.98 Å². The van der Waals surface area contributed by atoms with Crippen molar-refractivity contribution >= 4 is 50.7 Å². The van der Waals surface area contributed by atoms with Crippen molar-refractivity contribution in [1.82, 2.24) is 4.98 Å². The molecule has 1 heterocycles. The minimum absolute atomic E-state index is 0.262. The quantitative estimate of drug-likeness (QED) is 0.738. The molecule has 0 aliphatic rings. The van der Waals surface area contributed by atoms with Gasteiger partial charge in [0.1, 0.15) is 0 Å². The van der Waals surface area contributed by atoms with Crippen LogP contribution < -0.4 is 4.74 Å². The van der Waals surface area contributed by atoms with Gasteiger partial charge in [-0.15, -0.1) is 0 Å². The summed E-state index contributed by atoms with van der Waals surface area (Å²) in [4.78, 5) is 3.84. The second kappa shape index (κ2) is 4.01. The van der Waals surface area contributed by atoms with Gasteiger partial charge in [-0.3, -0.25) is 0 Å². The minimum Gasteiger partial charge on any atom is -0.428 e. The normalized spacial score (nSPS) is 11.3. The maximum absolute atomic E-state index is 5.36. The molecule has 0 radical (unpaired) electrons. The van der Waals surface area contributed by atoms with Crippen LogP contribution in [0.15, 0.2) is 22.8 Å². The molecular formula is C6H3BrCl3NO. The van der Waals surface area contributed by atoms with E-state index in [-0.39, 0.29) is 5.88 Å². The lowest BCUT2D eigenvalue weighted by Crippen LogP contribution is -2.13.